The van der Waals surface area contributed by atoms with Gasteiger partial charge in [0.2, 0.25) is 0 Å². The van der Waals surface area contributed by atoms with E-state index in [2.05, 4.69) is 10.3 Å². The summed E-state index contributed by atoms with van der Waals surface area (Å²) in [4.78, 5) is 15.5. The van der Waals surface area contributed by atoms with E-state index < -0.39 is 0 Å². The van der Waals surface area contributed by atoms with Gasteiger partial charge in [-0.05, 0) is 37.8 Å². The lowest BCUT2D eigenvalue weighted by Crippen LogP contribution is -2.53. The monoisotopic (exact) mass is 257 g/mol. The lowest BCUT2D eigenvalue weighted by Gasteiger charge is -2.29. The molecule has 100 valence electrons. The van der Waals surface area contributed by atoms with E-state index in [9.17, 15) is 4.79 Å². The molecule has 1 unspecified atom stereocenters. The van der Waals surface area contributed by atoms with Crippen LogP contribution < -0.4 is 11.1 Å². The summed E-state index contributed by atoms with van der Waals surface area (Å²) in [5.74, 6) is 0.446. The van der Waals surface area contributed by atoms with E-state index in [0.717, 1.165) is 23.7 Å². The maximum atomic E-state index is 12.3. The summed E-state index contributed by atoms with van der Waals surface area (Å²) in [6, 6.07) is 9.76. The van der Waals surface area contributed by atoms with Crippen molar-refractivity contribution in [3.63, 3.8) is 0 Å². The number of hydrogen-bond acceptors (Lipinski definition) is 2. The molecule has 1 fully saturated rings. The number of rotatable bonds is 4. The van der Waals surface area contributed by atoms with E-state index in [0.29, 0.717) is 18.2 Å². The van der Waals surface area contributed by atoms with Gasteiger partial charge in [-0.15, -0.1) is 0 Å². The number of H-pyrrole nitrogens is 1. The molecule has 1 heterocycles. The lowest BCUT2D eigenvalue weighted by molar-refractivity contribution is 0.0893. The van der Waals surface area contributed by atoms with Crippen molar-refractivity contribution in [3.8, 4) is 0 Å². The van der Waals surface area contributed by atoms with Crippen LogP contribution in [0.1, 0.15) is 30.3 Å². The lowest BCUT2D eigenvalue weighted by atomic mass is 9.96. The number of para-hydroxylation sites is 1. The van der Waals surface area contributed by atoms with Crippen LogP contribution in [0.5, 0.6) is 0 Å². The van der Waals surface area contributed by atoms with Crippen LogP contribution in [0.4, 0.5) is 0 Å². The molecule has 3 rings (SSSR count). The molecule has 1 amide bonds. The Kier molecular flexibility index (Phi) is 2.82. The van der Waals surface area contributed by atoms with Crippen molar-refractivity contribution in [1.29, 1.82) is 0 Å². The average Bonchev–Trinajstić information content (AvgIpc) is 3.18. The molecule has 0 aliphatic heterocycles. The Bertz CT molecular complexity index is 582. The maximum Gasteiger partial charge on any atom is 0.268 e. The van der Waals surface area contributed by atoms with Crippen LogP contribution >= 0.6 is 0 Å². The topological polar surface area (TPSA) is 70.9 Å². The van der Waals surface area contributed by atoms with Gasteiger partial charge in [-0.1, -0.05) is 18.2 Å². The minimum atomic E-state index is -0.283. The Morgan fingerprint density at radius 3 is 2.84 bits per heavy atom. The van der Waals surface area contributed by atoms with Gasteiger partial charge in [-0.3, -0.25) is 4.79 Å². The highest BCUT2D eigenvalue weighted by molar-refractivity contribution is 5.98. The number of carbonyl (C=O) groups excluding carboxylic acids is 1. The van der Waals surface area contributed by atoms with E-state index in [4.69, 9.17) is 5.73 Å². The SMILES string of the molecule is CC(CN)(NC(=O)c1cc2ccccc2[nH]1)C1CC1. The van der Waals surface area contributed by atoms with Crippen molar-refractivity contribution < 1.29 is 4.79 Å². The molecule has 1 aromatic heterocycles. The van der Waals surface area contributed by atoms with Crippen molar-refractivity contribution in [3.05, 3.63) is 36.0 Å². The summed E-state index contributed by atoms with van der Waals surface area (Å²) < 4.78 is 0. The van der Waals surface area contributed by atoms with Crippen molar-refractivity contribution in [2.24, 2.45) is 11.7 Å². The first kappa shape index (κ1) is 12.2. The van der Waals surface area contributed by atoms with Crippen molar-refractivity contribution in [2.75, 3.05) is 6.54 Å². The summed E-state index contributed by atoms with van der Waals surface area (Å²) in [6.07, 6.45) is 2.31. The fraction of sp³-hybridized carbons (Fsp3) is 0.400. The minimum Gasteiger partial charge on any atom is -0.351 e. The van der Waals surface area contributed by atoms with Gasteiger partial charge in [-0.25, -0.2) is 0 Å². The zero-order valence-corrected chi connectivity index (χ0v) is 11.1. The highest BCUT2D eigenvalue weighted by Crippen LogP contribution is 2.39. The first-order valence-electron chi connectivity index (χ1n) is 6.73. The van der Waals surface area contributed by atoms with Crippen LogP contribution in [0.2, 0.25) is 0 Å². The summed E-state index contributed by atoms with van der Waals surface area (Å²) in [5, 5.41) is 4.14. The zero-order chi connectivity index (χ0) is 13.5. The molecule has 2 aromatic rings. The number of carbonyl (C=O) groups is 1. The molecule has 1 aliphatic carbocycles. The molecule has 0 saturated heterocycles. The molecular weight excluding hydrogens is 238 g/mol. The van der Waals surface area contributed by atoms with E-state index in [1.165, 1.54) is 0 Å². The molecule has 0 bridgehead atoms. The molecule has 1 aliphatic rings. The number of hydrogen-bond donors (Lipinski definition) is 3. The number of aromatic amines is 1. The average molecular weight is 257 g/mol. The van der Waals surface area contributed by atoms with Gasteiger partial charge in [0.1, 0.15) is 5.69 Å². The van der Waals surface area contributed by atoms with Crippen LogP contribution in [0.3, 0.4) is 0 Å². The van der Waals surface area contributed by atoms with Crippen LogP contribution in [0, 0.1) is 5.92 Å². The molecule has 1 atom stereocenters. The largest absolute Gasteiger partial charge is 0.351 e. The molecule has 1 saturated carbocycles. The summed E-state index contributed by atoms with van der Waals surface area (Å²) in [6.45, 7) is 2.51. The Labute approximate surface area is 112 Å². The molecule has 1 aromatic carbocycles. The van der Waals surface area contributed by atoms with Gasteiger partial charge in [0.15, 0.2) is 0 Å². The van der Waals surface area contributed by atoms with E-state index >= 15 is 0 Å². The normalized spacial score (nSPS) is 18.2. The van der Waals surface area contributed by atoms with E-state index in [1.807, 2.05) is 37.3 Å². The predicted molar refractivity (Wildman–Crippen MR) is 75.9 cm³/mol. The third kappa shape index (κ3) is 2.24. The van der Waals surface area contributed by atoms with Crippen LogP contribution in [-0.2, 0) is 0 Å². The second-order valence-corrected chi connectivity index (χ2v) is 5.62. The number of amides is 1. The molecule has 0 spiro atoms. The summed E-state index contributed by atoms with van der Waals surface area (Å²) in [7, 11) is 0. The van der Waals surface area contributed by atoms with E-state index in [-0.39, 0.29) is 11.4 Å². The van der Waals surface area contributed by atoms with Crippen LogP contribution in [-0.4, -0.2) is 23.0 Å². The number of benzene rings is 1. The molecule has 0 radical (unpaired) electrons. The number of nitrogens with one attached hydrogen (secondary N) is 2. The molecule has 4 heteroatoms. The Morgan fingerprint density at radius 1 is 1.47 bits per heavy atom. The molecule has 4 N–H and O–H groups in total. The standard InChI is InChI=1S/C15H19N3O/c1-15(9-16,11-6-7-11)18-14(19)13-8-10-4-2-3-5-12(10)17-13/h2-5,8,11,17H,6-7,9,16H2,1H3,(H,18,19). The van der Waals surface area contributed by atoms with Crippen molar-refractivity contribution in [1.82, 2.24) is 10.3 Å². The third-order valence-corrected chi connectivity index (χ3v) is 4.08. The number of fused-ring (bicyclic) bond motifs is 1. The van der Waals surface area contributed by atoms with Crippen molar-refractivity contribution >= 4 is 16.8 Å². The Hall–Kier alpha value is -1.81. The second kappa shape index (κ2) is 4.38. The Morgan fingerprint density at radius 2 is 2.21 bits per heavy atom. The van der Waals surface area contributed by atoms with Gasteiger partial charge in [0.05, 0.1) is 5.54 Å². The zero-order valence-electron chi connectivity index (χ0n) is 11.1. The fourth-order valence-corrected chi connectivity index (χ4v) is 2.56. The first-order chi connectivity index (χ1) is 9.12. The van der Waals surface area contributed by atoms with Gasteiger partial charge >= 0.3 is 0 Å². The van der Waals surface area contributed by atoms with E-state index in [1.54, 1.807) is 0 Å². The smallest absolute Gasteiger partial charge is 0.268 e. The van der Waals surface area contributed by atoms with Gasteiger partial charge in [0, 0.05) is 17.4 Å². The van der Waals surface area contributed by atoms with Crippen LogP contribution in [0.15, 0.2) is 30.3 Å². The number of aromatic nitrogens is 1. The Balaban J connectivity index is 1.83. The van der Waals surface area contributed by atoms with Crippen LogP contribution in [0.25, 0.3) is 10.9 Å². The molecule has 4 nitrogen and oxygen atoms in total. The predicted octanol–water partition coefficient (Wildman–Crippen LogP) is 2.03. The van der Waals surface area contributed by atoms with Gasteiger partial charge in [-0.2, -0.15) is 0 Å². The minimum absolute atomic E-state index is 0.0731. The molecular formula is C15H19N3O. The highest BCUT2D eigenvalue weighted by atomic mass is 16.2. The summed E-state index contributed by atoms with van der Waals surface area (Å²) in [5.41, 5.74) is 7.12. The highest BCUT2D eigenvalue weighted by Gasteiger charge is 2.41. The first-order valence-corrected chi connectivity index (χ1v) is 6.73. The van der Waals surface area contributed by atoms with Gasteiger partial charge < -0.3 is 16.0 Å². The second-order valence-electron chi connectivity index (χ2n) is 5.62. The molecule has 19 heavy (non-hydrogen) atoms. The summed E-state index contributed by atoms with van der Waals surface area (Å²) >= 11 is 0. The number of nitrogens with two attached hydrogens (primary N) is 1. The van der Waals surface area contributed by atoms with Gasteiger partial charge in [0.25, 0.3) is 5.91 Å². The fourth-order valence-electron chi connectivity index (χ4n) is 2.56. The van der Waals surface area contributed by atoms with Crippen molar-refractivity contribution in [2.45, 2.75) is 25.3 Å². The third-order valence-electron chi connectivity index (χ3n) is 4.08. The maximum absolute atomic E-state index is 12.3. The quantitative estimate of drug-likeness (QED) is 0.784.